The van der Waals surface area contributed by atoms with Crippen molar-refractivity contribution in [2.75, 3.05) is 26.4 Å². The minimum Gasteiger partial charge on any atom is -0.465 e. The van der Waals surface area contributed by atoms with Crippen molar-refractivity contribution in [2.24, 2.45) is 5.92 Å². The smallest absolute Gasteiger partial charge is 0.308 e. The number of rotatable bonds is 10. The fourth-order valence-corrected chi connectivity index (χ4v) is 1.06. The van der Waals surface area contributed by atoms with Gasteiger partial charge in [0.15, 0.2) is 0 Å². The first-order valence-electron chi connectivity index (χ1n) is 6.07. The number of hydrogen-bond acceptors (Lipinski definition) is 4. The fourth-order valence-electron chi connectivity index (χ4n) is 1.06. The van der Waals surface area contributed by atoms with Crippen molar-refractivity contribution >= 4 is 5.97 Å². The Bertz CT molecular complexity index is 170. The number of esters is 1. The number of ether oxygens (including phenoxy) is 2. The summed E-state index contributed by atoms with van der Waals surface area (Å²) >= 11 is 0. The Morgan fingerprint density at radius 3 is 2.44 bits per heavy atom. The van der Waals surface area contributed by atoms with Crippen LogP contribution in [0.2, 0.25) is 0 Å². The van der Waals surface area contributed by atoms with Crippen LogP contribution in [0.5, 0.6) is 0 Å². The van der Waals surface area contributed by atoms with E-state index in [2.05, 4.69) is 0 Å². The summed E-state index contributed by atoms with van der Waals surface area (Å²) in [6, 6.07) is 0. The van der Waals surface area contributed by atoms with E-state index in [4.69, 9.17) is 14.6 Å². The molecule has 0 aliphatic rings. The highest BCUT2D eigenvalue weighted by Crippen LogP contribution is 2.03. The van der Waals surface area contributed by atoms with Crippen LogP contribution in [0.3, 0.4) is 0 Å². The molecule has 16 heavy (non-hydrogen) atoms. The second-order valence-electron chi connectivity index (χ2n) is 3.87. The van der Waals surface area contributed by atoms with Crippen LogP contribution in [0.15, 0.2) is 0 Å². The molecule has 0 amide bonds. The molecule has 0 aromatic rings. The van der Waals surface area contributed by atoms with Crippen molar-refractivity contribution in [3.63, 3.8) is 0 Å². The van der Waals surface area contributed by atoms with Crippen LogP contribution >= 0.6 is 0 Å². The maximum atomic E-state index is 11.3. The first-order chi connectivity index (χ1) is 7.72. The van der Waals surface area contributed by atoms with Crippen molar-refractivity contribution in [3.05, 3.63) is 0 Å². The molecule has 0 aromatic heterocycles. The summed E-state index contributed by atoms with van der Waals surface area (Å²) in [5.41, 5.74) is 0. The number of aliphatic hydroxyl groups excluding tert-OH is 1. The molecule has 0 aliphatic carbocycles. The van der Waals surface area contributed by atoms with Gasteiger partial charge in [-0.1, -0.05) is 13.8 Å². The molecule has 4 nitrogen and oxygen atoms in total. The van der Waals surface area contributed by atoms with Gasteiger partial charge in [-0.3, -0.25) is 4.79 Å². The molecule has 0 heterocycles. The summed E-state index contributed by atoms with van der Waals surface area (Å²) in [6.07, 6.45) is 3.23. The van der Waals surface area contributed by atoms with Gasteiger partial charge in [-0.2, -0.15) is 0 Å². The molecule has 0 bridgehead atoms. The van der Waals surface area contributed by atoms with Gasteiger partial charge in [0.2, 0.25) is 0 Å². The number of carbonyl (C=O) groups excluding carboxylic acids is 1. The number of hydrogen-bond donors (Lipinski definition) is 1. The van der Waals surface area contributed by atoms with Crippen LogP contribution in [0.1, 0.15) is 39.5 Å². The summed E-state index contributed by atoms with van der Waals surface area (Å²) in [6.45, 7) is 5.77. The molecule has 0 radical (unpaired) electrons. The molecular formula is C12H24O4. The molecule has 0 aliphatic heterocycles. The van der Waals surface area contributed by atoms with E-state index in [9.17, 15) is 4.79 Å². The Kier molecular flexibility index (Phi) is 10.5. The van der Waals surface area contributed by atoms with Crippen LogP contribution in [0.25, 0.3) is 0 Å². The second kappa shape index (κ2) is 10.9. The van der Waals surface area contributed by atoms with Crippen molar-refractivity contribution < 1.29 is 19.4 Å². The quantitative estimate of drug-likeness (QED) is 0.460. The Morgan fingerprint density at radius 2 is 1.81 bits per heavy atom. The lowest BCUT2D eigenvalue weighted by molar-refractivity contribution is -0.148. The molecule has 1 N–H and O–H groups in total. The summed E-state index contributed by atoms with van der Waals surface area (Å²) in [5.74, 6) is -0.107. The molecule has 1 unspecified atom stereocenters. The molecule has 0 rings (SSSR count). The van der Waals surface area contributed by atoms with Crippen LogP contribution < -0.4 is 0 Å². The SMILES string of the molecule is CCC(C)C(=O)OCCCCOCCCO. The topological polar surface area (TPSA) is 55.8 Å². The van der Waals surface area contributed by atoms with Gasteiger partial charge in [0.1, 0.15) is 0 Å². The maximum absolute atomic E-state index is 11.3. The predicted octanol–water partition coefficient (Wildman–Crippen LogP) is 1.75. The monoisotopic (exact) mass is 232 g/mol. The fraction of sp³-hybridized carbons (Fsp3) is 0.917. The zero-order valence-electron chi connectivity index (χ0n) is 10.4. The maximum Gasteiger partial charge on any atom is 0.308 e. The number of carbonyl (C=O) groups is 1. The van der Waals surface area contributed by atoms with Gasteiger partial charge in [-0.05, 0) is 25.7 Å². The first-order valence-corrected chi connectivity index (χ1v) is 6.07. The molecule has 0 aromatic carbocycles. The van der Waals surface area contributed by atoms with Gasteiger partial charge in [0.25, 0.3) is 0 Å². The average molecular weight is 232 g/mol. The van der Waals surface area contributed by atoms with Gasteiger partial charge >= 0.3 is 5.97 Å². The van der Waals surface area contributed by atoms with Gasteiger partial charge < -0.3 is 14.6 Å². The zero-order chi connectivity index (χ0) is 12.2. The summed E-state index contributed by atoms with van der Waals surface area (Å²) in [7, 11) is 0. The van der Waals surface area contributed by atoms with E-state index in [1.54, 1.807) is 0 Å². The predicted molar refractivity (Wildman–Crippen MR) is 62.2 cm³/mol. The summed E-state index contributed by atoms with van der Waals surface area (Å²) < 4.78 is 10.3. The third kappa shape index (κ3) is 8.68. The van der Waals surface area contributed by atoms with Crippen molar-refractivity contribution in [1.29, 1.82) is 0 Å². The van der Waals surface area contributed by atoms with Crippen molar-refractivity contribution in [1.82, 2.24) is 0 Å². The van der Waals surface area contributed by atoms with E-state index in [0.29, 0.717) is 26.2 Å². The molecule has 4 heteroatoms. The molecular weight excluding hydrogens is 208 g/mol. The highest BCUT2D eigenvalue weighted by atomic mass is 16.5. The molecule has 0 fully saturated rings. The van der Waals surface area contributed by atoms with E-state index in [1.807, 2.05) is 13.8 Å². The van der Waals surface area contributed by atoms with E-state index >= 15 is 0 Å². The van der Waals surface area contributed by atoms with Crippen molar-refractivity contribution in [2.45, 2.75) is 39.5 Å². The largest absolute Gasteiger partial charge is 0.465 e. The van der Waals surface area contributed by atoms with E-state index in [-0.39, 0.29) is 18.5 Å². The van der Waals surface area contributed by atoms with Gasteiger partial charge in [0, 0.05) is 19.8 Å². The standard InChI is InChI=1S/C12H24O4/c1-3-11(2)12(14)16-10-5-4-8-15-9-6-7-13/h11,13H,3-10H2,1-2H3. The molecule has 0 saturated carbocycles. The number of aliphatic hydroxyl groups is 1. The Balaban J connectivity index is 3.18. The Morgan fingerprint density at radius 1 is 1.19 bits per heavy atom. The minimum atomic E-state index is -0.108. The highest BCUT2D eigenvalue weighted by molar-refractivity contribution is 5.71. The second-order valence-corrected chi connectivity index (χ2v) is 3.87. The normalized spacial score (nSPS) is 12.4. The van der Waals surface area contributed by atoms with Gasteiger partial charge in [-0.15, -0.1) is 0 Å². The summed E-state index contributed by atoms with van der Waals surface area (Å²) in [5, 5.41) is 8.51. The Labute approximate surface area is 97.9 Å². The third-order valence-electron chi connectivity index (χ3n) is 2.39. The first kappa shape index (κ1) is 15.4. The van der Waals surface area contributed by atoms with Crippen LogP contribution in [-0.2, 0) is 14.3 Å². The lowest BCUT2D eigenvalue weighted by Crippen LogP contribution is -2.14. The zero-order valence-corrected chi connectivity index (χ0v) is 10.4. The van der Waals surface area contributed by atoms with Gasteiger partial charge in [-0.25, -0.2) is 0 Å². The molecule has 96 valence electrons. The summed E-state index contributed by atoms with van der Waals surface area (Å²) in [4.78, 5) is 11.3. The van der Waals surface area contributed by atoms with Crippen molar-refractivity contribution in [3.8, 4) is 0 Å². The molecule has 0 spiro atoms. The third-order valence-corrected chi connectivity index (χ3v) is 2.39. The van der Waals surface area contributed by atoms with E-state index in [0.717, 1.165) is 19.3 Å². The lowest BCUT2D eigenvalue weighted by Gasteiger charge is -2.09. The lowest BCUT2D eigenvalue weighted by atomic mass is 10.1. The minimum absolute atomic E-state index is 0.000745. The van der Waals surface area contributed by atoms with Crippen LogP contribution in [-0.4, -0.2) is 37.5 Å². The van der Waals surface area contributed by atoms with E-state index < -0.39 is 0 Å². The van der Waals surface area contributed by atoms with Crippen LogP contribution in [0.4, 0.5) is 0 Å². The average Bonchev–Trinajstić information content (AvgIpc) is 2.31. The van der Waals surface area contributed by atoms with Crippen LogP contribution in [0, 0.1) is 5.92 Å². The number of unbranched alkanes of at least 4 members (excludes halogenated alkanes) is 1. The van der Waals surface area contributed by atoms with Gasteiger partial charge in [0.05, 0.1) is 12.5 Å². The Hall–Kier alpha value is -0.610. The molecule has 1 atom stereocenters. The van der Waals surface area contributed by atoms with E-state index in [1.165, 1.54) is 0 Å². The molecule has 0 saturated heterocycles. The highest BCUT2D eigenvalue weighted by Gasteiger charge is 2.10.